The zero-order chi connectivity index (χ0) is 22.8. The van der Waals surface area contributed by atoms with Crippen LogP contribution in [0.1, 0.15) is 12.0 Å². The number of hydrogen-bond donors (Lipinski definition) is 2. The first kappa shape index (κ1) is 21.8. The fourth-order valence-electron chi connectivity index (χ4n) is 3.29. The quantitative estimate of drug-likeness (QED) is 0.570. The monoisotopic (exact) mass is 474 g/mol. The number of nitrogens with zero attached hydrogens (tertiary/aromatic N) is 4. The molecule has 32 heavy (non-hydrogen) atoms. The molecule has 8 nitrogen and oxygen atoms in total. The van der Waals surface area contributed by atoms with Crippen LogP contribution in [0.5, 0.6) is 0 Å². The first-order valence-corrected chi connectivity index (χ1v) is 10.3. The van der Waals surface area contributed by atoms with Gasteiger partial charge in [0.05, 0.1) is 28.5 Å². The molecule has 0 spiro atoms. The van der Waals surface area contributed by atoms with Gasteiger partial charge in [-0.2, -0.15) is 10.2 Å². The van der Waals surface area contributed by atoms with Gasteiger partial charge in [0.25, 0.3) is 5.91 Å². The average Bonchev–Trinajstić information content (AvgIpc) is 3.39. The van der Waals surface area contributed by atoms with Gasteiger partial charge in [0, 0.05) is 12.5 Å². The van der Waals surface area contributed by atoms with Crippen LogP contribution in [0.3, 0.4) is 0 Å². The first-order valence-electron chi connectivity index (χ1n) is 9.51. The zero-order valence-electron chi connectivity index (χ0n) is 16.5. The molecule has 0 bridgehead atoms. The number of benzene rings is 2. The number of hydrogen-bond acceptors (Lipinski definition) is 5. The molecule has 0 fully saturated rings. The molecule has 4 rings (SSSR count). The molecule has 1 aromatic heterocycles. The Kier molecular flexibility index (Phi) is 6.11. The van der Waals surface area contributed by atoms with Crippen molar-refractivity contribution in [1.29, 1.82) is 0 Å². The van der Waals surface area contributed by atoms with Crippen LogP contribution in [-0.4, -0.2) is 33.3 Å². The topological polar surface area (TPSA) is 106 Å². The van der Waals surface area contributed by atoms with Gasteiger partial charge in [0.1, 0.15) is 23.4 Å². The number of rotatable bonds is 6. The highest BCUT2D eigenvalue weighted by Crippen LogP contribution is 2.27. The van der Waals surface area contributed by atoms with Crippen LogP contribution in [0.15, 0.2) is 59.8 Å². The lowest BCUT2D eigenvalue weighted by atomic mass is 10.1. The molecular weight excluding hydrogens is 458 g/mol. The molecule has 1 atom stereocenters. The molecule has 164 valence electrons. The third-order valence-corrected chi connectivity index (χ3v) is 5.76. The molecule has 3 aromatic rings. The van der Waals surface area contributed by atoms with Gasteiger partial charge in [-0.05, 0) is 35.9 Å². The van der Waals surface area contributed by atoms with Gasteiger partial charge in [-0.3, -0.25) is 14.6 Å². The summed E-state index contributed by atoms with van der Waals surface area (Å²) in [6.45, 7) is 0.278. The van der Waals surface area contributed by atoms with E-state index >= 15 is 0 Å². The molecule has 2 aromatic carbocycles. The predicted molar refractivity (Wildman–Crippen MR) is 120 cm³/mol. The number of halogens is 3. The van der Waals surface area contributed by atoms with Crippen molar-refractivity contribution in [3.63, 3.8) is 0 Å². The minimum absolute atomic E-state index is 0.00675. The van der Waals surface area contributed by atoms with Crippen molar-refractivity contribution in [2.75, 3.05) is 10.3 Å². The van der Waals surface area contributed by atoms with E-state index in [2.05, 4.69) is 15.5 Å². The first-order chi connectivity index (χ1) is 15.3. The lowest BCUT2D eigenvalue weighted by Gasteiger charge is -2.20. The molecule has 1 aliphatic rings. The van der Waals surface area contributed by atoms with Gasteiger partial charge in [-0.15, -0.1) is 0 Å². The minimum atomic E-state index is -0.864. The van der Waals surface area contributed by atoms with E-state index in [9.17, 15) is 14.0 Å². The van der Waals surface area contributed by atoms with Crippen molar-refractivity contribution in [2.45, 2.75) is 19.0 Å². The fraction of sp³-hybridized carbons (Fsp3) is 0.143. The predicted octanol–water partition coefficient (Wildman–Crippen LogP) is 3.44. The van der Waals surface area contributed by atoms with Crippen molar-refractivity contribution >= 4 is 52.2 Å². The summed E-state index contributed by atoms with van der Waals surface area (Å²) in [6, 6.07) is 11.4. The lowest BCUT2D eigenvalue weighted by Crippen LogP contribution is -2.39. The molecule has 1 aliphatic heterocycles. The molecule has 11 heteroatoms. The van der Waals surface area contributed by atoms with E-state index in [-0.39, 0.29) is 18.7 Å². The summed E-state index contributed by atoms with van der Waals surface area (Å²) < 4.78 is 14.8. The Morgan fingerprint density at radius 1 is 1.16 bits per heavy atom. The number of nitrogens with one attached hydrogen (secondary N) is 1. The second-order valence-electron chi connectivity index (χ2n) is 7.03. The second kappa shape index (κ2) is 8.97. The fourth-order valence-corrected chi connectivity index (χ4v) is 3.67. The molecular formula is C21H17Cl2FN6O2. The molecule has 0 saturated heterocycles. The van der Waals surface area contributed by atoms with Crippen LogP contribution in [0, 0.1) is 5.82 Å². The van der Waals surface area contributed by atoms with E-state index in [1.807, 2.05) is 0 Å². The van der Waals surface area contributed by atoms with E-state index in [4.69, 9.17) is 28.9 Å². The number of primary amides is 1. The highest BCUT2D eigenvalue weighted by Gasteiger charge is 2.35. The Morgan fingerprint density at radius 3 is 2.62 bits per heavy atom. The number of amides is 2. The van der Waals surface area contributed by atoms with Gasteiger partial charge in [-0.25, -0.2) is 9.07 Å². The van der Waals surface area contributed by atoms with Crippen LogP contribution in [0.4, 0.5) is 15.9 Å². The standard InChI is InChI=1S/C21H17Cl2FN6O2/c22-15-3-1-2-12(19(15)23)11-29-18(8-9-26-29)27-21(32)16-10-17(20(25)31)30(28-16)14-6-4-13(24)5-7-14/h1-9,17H,10-11H2,(H2,25,31)(H,27,32). The smallest absolute Gasteiger partial charge is 0.273 e. The summed E-state index contributed by atoms with van der Waals surface area (Å²) in [5.41, 5.74) is 6.77. The van der Waals surface area contributed by atoms with E-state index in [1.54, 1.807) is 28.9 Å². The maximum absolute atomic E-state index is 13.3. The second-order valence-corrected chi connectivity index (χ2v) is 7.82. The van der Waals surface area contributed by atoms with E-state index in [1.165, 1.54) is 35.5 Å². The Morgan fingerprint density at radius 2 is 1.91 bits per heavy atom. The van der Waals surface area contributed by atoms with Crippen LogP contribution >= 0.6 is 23.2 Å². The highest BCUT2D eigenvalue weighted by molar-refractivity contribution is 6.44. The zero-order valence-corrected chi connectivity index (χ0v) is 18.0. The molecule has 3 N–H and O–H groups in total. The van der Waals surface area contributed by atoms with Gasteiger partial charge in [0.2, 0.25) is 5.91 Å². The number of aromatic nitrogens is 2. The van der Waals surface area contributed by atoms with Gasteiger partial charge >= 0.3 is 0 Å². The molecule has 2 amide bonds. The van der Waals surface area contributed by atoms with Crippen molar-refractivity contribution in [3.8, 4) is 0 Å². The van der Waals surface area contributed by atoms with E-state index in [0.29, 0.717) is 21.6 Å². The average molecular weight is 475 g/mol. The minimum Gasteiger partial charge on any atom is -0.368 e. The lowest BCUT2D eigenvalue weighted by molar-refractivity contribution is -0.119. The summed E-state index contributed by atoms with van der Waals surface area (Å²) in [6.07, 6.45) is 1.54. The number of anilines is 2. The number of carbonyl (C=O) groups is 2. The third kappa shape index (κ3) is 4.44. The van der Waals surface area contributed by atoms with Crippen molar-refractivity contribution in [1.82, 2.24) is 9.78 Å². The molecule has 0 aliphatic carbocycles. The van der Waals surface area contributed by atoms with Crippen LogP contribution in [0.25, 0.3) is 0 Å². The van der Waals surface area contributed by atoms with Gasteiger partial charge < -0.3 is 11.1 Å². The van der Waals surface area contributed by atoms with Crippen LogP contribution in [-0.2, 0) is 16.1 Å². The molecule has 0 saturated carbocycles. The van der Waals surface area contributed by atoms with Crippen LogP contribution in [0.2, 0.25) is 10.0 Å². The van der Waals surface area contributed by atoms with E-state index in [0.717, 1.165) is 5.56 Å². The molecule has 0 radical (unpaired) electrons. The number of hydrazone groups is 1. The van der Waals surface area contributed by atoms with Crippen molar-refractivity contribution in [2.24, 2.45) is 10.8 Å². The summed E-state index contributed by atoms with van der Waals surface area (Å²) in [5, 5.41) is 13.4. The highest BCUT2D eigenvalue weighted by atomic mass is 35.5. The summed E-state index contributed by atoms with van der Waals surface area (Å²) in [4.78, 5) is 24.8. The maximum atomic E-state index is 13.3. The third-order valence-electron chi connectivity index (χ3n) is 4.90. The van der Waals surface area contributed by atoms with Gasteiger partial charge in [-0.1, -0.05) is 35.3 Å². The number of nitrogens with two attached hydrogens (primary N) is 1. The maximum Gasteiger partial charge on any atom is 0.273 e. The Labute approximate surface area is 192 Å². The normalized spacial score (nSPS) is 15.5. The van der Waals surface area contributed by atoms with E-state index < -0.39 is 23.7 Å². The Bertz CT molecular complexity index is 1210. The van der Waals surface area contributed by atoms with Crippen molar-refractivity contribution in [3.05, 3.63) is 76.2 Å². The summed E-state index contributed by atoms with van der Waals surface area (Å²) in [5.74, 6) is -1.19. The van der Waals surface area contributed by atoms with Crippen LogP contribution < -0.4 is 16.1 Å². The SMILES string of the molecule is NC(=O)C1CC(C(=O)Nc2ccnn2Cc2cccc(Cl)c2Cl)=NN1c1ccc(F)cc1. The van der Waals surface area contributed by atoms with Crippen molar-refractivity contribution < 1.29 is 14.0 Å². The summed E-state index contributed by atoms with van der Waals surface area (Å²) >= 11 is 12.3. The molecule has 1 unspecified atom stereocenters. The van der Waals surface area contributed by atoms with Gasteiger partial charge in [0.15, 0.2) is 0 Å². The Balaban J connectivity index is 1.54. The Hall–Kier alpha value is -3.43. The molecule has 2 heterocycles. The largest absolute Gasteiger partial charge is 0.368 e. The number of carbonyl (C=O) groups excluding carboxylic acids is 2. The summed E-state index contributed by atoms with van der Waals surface area (Å²) in [7, 11) is 0.